The summed E-state index contributed by atoms with van der Waals surface area (Å²) in [6, 6.07) is 20.5. The average molecular weight is 321 g/mol. The third-order valence-corrected chi connectivity index (χ3v) is 4.52. The molecule has 0 aliphatic carbocycles. The van der Waals surface area contributed by atoms with Crippen molar-refractivity contribution in [3.05, 3.63) is 83.0 Å². The SMILES string of the molecule is Cc1ccccc1CSc1nc(N)cc(Cc2ccccc2)n1. The van der Waals surface area contributed by atoms with Crippen LogP contribution in [-0.2, 0) is 12.2 Å². The first kappa shape index (κ1) is 15.6. The summed E-state index contributed by atoms with van der Waals surface area (Å²) in [7, 11) is 0. The molecule has 1 heterocycles. The summed E-state index contributed by atoms with van der Waals surface area (Å²) < 4.78 is 0. The van der Waals surface area contributed by atoms with Gasteiger partial charge in [0.15, 0.2) is 5.16 Å². The first-order valence-electron chi connectivity index (χ1n) is 7.55. The van der Waals surface area contributed by atoms with E-state index in [1.165, 1.54) is 16.7 Å². The standard InChI is InChI=1S/C19H19N3S/c1-14-7-5-6-10-16(14)13-23-19-21-17(12-18(20)22-19)11-15-8-3-2-4-9-15/h2-10,12H,11,13H2,1H3,(H2,20,21,22). The van der Waals surface area contributed by atoms with Gasteiger partial charge in [0.05, 0.1) is 5.69 Å². The molecule has 0 amide bonds. The quantitative estimate of drug-likeness (QED) is 0.564. The second kappa shape index (κ2) is 7.29. The number of thioether (sulfide) groups is 1. The zero-order valence-corrected chi connectivity index (χ0v) is 13.9. The third kappa shape index (κ3) is 4.33. The van der Waals surface area contributed by atoms with E-state index in [9.17, 15) is 0 Å². The van der Waals surface area contributed by atoms with Crippen LogP contribution in [0.3, 0.4) is 0 Å². The van der Waals surface area contributed by atoms with Crippen molar-refractivity contribution < 1.29 is 0 Å². The van der Waals surface area contributed by atoms with Crippen molar-refractivity contribution in [2.24, 2.45) is 0 Å². The van der Waals surface area contributed by atoms with Crippen LogP contribution >= 0.6 is 11.8 Å². The lowest BCUT2D eigenvalue weighted by Gasteiger charge is -2.07. The van der Waals surface area contributed by atoms with E-state index >= 15 is 0 Å². The Bertz CT molecular complexity index is 788. The van der Waals surface area contributed by atoms with Crippen LogP contribution in [0.5, 0.6) is 0 Å². The molecule has 0 unspecified atom stereocenters. The van der Waals surface area contributed by atoms with Gasteiger partial charge < -0.3 is 5.73 Å². The van der Waals surface area contributed by atoms with E-state index in [1.807, 2.05) is 24.3 Å². The largest absolute Gasteiger partial charge is 0.384 e. The fourth-order valence-electron chi connectivity index (χ4n) is 2.37. The van der Waals surface area contributed by atoms with Gasteiger partial charge in [-0.05, 0) is 23.6 Å². The minimum absolute atomic E-state index is 0.526. The van der Waals surface area contributed by atoms with Gasteiger partial charge in [0.25, 0.3) is 0 Å². The molecule has 0 spiro atoms. The Kier molecular flexibility index (Phi) is 4.93. The fourth-order valence-corrected chi connectivity index (χ4v) is 3.33. The van der Waals surface area contributed by atoms with Gasteiger partial charge in [-0.2, -0.15) is 0 Å². The molecule has 0 bridgehead atoms. The number of benzene rings is 2. The van der Waals surface area contributed by atoms with Crippen LogP contribution in [0.1, 0.15) is 22.4 Å². The van der Waals surface area contributed by atoms with Gasteiger partial charge >= 0.3 is 0 Å². The minimum Gasteiger partial charge on any atom is -0.384 e. The monoisotopic (exact) mass is 321 g/mol. The molecule has 0 aliphatic rings. The second-order valence-electron chi connectivity index (χ2n) is 5.44. The molecule has 0 saturated carbocycles. The van der Waals surface area contributed by atoms with Gasteiger partial charge in [0, 0.05) is 18.2 Å². The van der Waals surface area contributed by atoms with Crippen LogP contribution in [0.2, 0.25) is 0 Å². The van der Waals surface area contributed by atoms with Crippen LogP contribution in [-0.4, -0.2) is 9.97 Å². The molecule has 2 aromatic carbocycles. The second-order valence-corrected chi connectivity index (χ2v) is 6.39. The topological polar surface area (TPSA) is 51.8 Å². The molecule has 3 rings (SSSR count). The van der Waals surface area contributed by atoms with Crippen molar-refractivity contribution in [1.82, 2.24) is 9.97 Å². The predicted molar refractivity (Wildman–Crippen MR) is 96.4 cm³/mol. The van der Waals surface area contributed by atoms with Crippen molar-refractivity contribution in [3.63, 3.8) is 0 Å². The lowest BCUT2D eigenvalue weighted by molar-refractivity contribution is 0.909. The van der Waals surface area contributed by atoms with Crippen molar-refractivity contribution in [3.8, 4) is 0 Å². The van der Waals surface area contributed by atoms with Crippen molar-refractivity contribution in [2.45, 2.75) is 24.3 Å². The number of aromatic nitrogens is 2. The maximum Gasteiger partial charge on any atom is 0.190 e. The van der Waals surface area contributed by atoms with Crippen LogP contribution in [0, 0.1) is 6.92 Å². The highest BCUT2D eigenvalue weighted by Crippen LogP contribution is 2.23. The van der Waals surface area contributed by atoms with E-state index < -0.39 is 0 Å². The number of nitrogen functional groups attached to an aromatic ring is 1. The molecule has 0 fully saturated rings. The first-order valence-corrected chi connectivity index (χ1v) is 8.54. The highest BCUT2D eigenvalue weighted by Gasteiger charge is 2.06. The fraction of sp³-hybridized carbons (Fsp3) is 0.158. The Morgan fingerprint density at radius 1 is 0.957 bits per heavy atom. The van der Waals surface area contributed by atoms with E-state index in [1.54, 1.807) is 11.8 Å². The summed E-state index contributed by atoms with van der Waals surface area (Å²) >= 11 is 1.62. The molecule has 3 nitrogen and oxygen atoms in total. The Morgan fingerprint density at radius 2 is 1.70 bits per heavy atom. The van der Waals surface area contributed by atoms with Gasteiger partial charge in [-0.3, -0.25) is 0 Å². The van der Waals surface area contributed by atoms with Gasteiger partial charge in [0.2, 0.25) is 0 Å². The third-order valence-electron chi connectivity index (χ3n) is 3.62. The minimum atomic E-state index is 0.526. The highest BCUT2D eigenvalue weighted by molar-refractivity contribution is 7.98. The maximum absolute atomic E-state index is 5.95. The molecule has 2 N–H and O–H groups in total. The van der Waals surface area contributed by atoms with Crippen molar-refractivity contribution >= 4 is 17.6 Å². The maximum atomic E-state index is 5.95. The molecular weight excluding hydrogens is 302 g/mol. The molecule has 23 heavy (non-hydrogen) atoms. The van der Waals surface area contributed by atoms with Crippen LogP contribution < -0.4 is 5.73 Å². The number of hydrogen-bond donors (Lipinski definition) is 1. The molecule has 3 aromatic rings. The van der Waals surface area contributed by atoms with E-state index in [-0.39, 0.29) is 0 Å². The van der Waals surface area contributed by atoms with Gasteiger partial charge in [0.1, 0.15) is 5.82 Å². The molecule has 116 valence electrons. The summed E-state index contributed by atoms with van der Waals surface area (Å²) in [5, 5.41) is 0.735. The molecule has 0 saturated heterocycles. The number of aryl methyl sites for hydroxylation is 1. The first-order chi connectivity index (χ1) is 11.2. The van der Waals surface area contributed by atoms with Crippen LogP contribution in [0.25, 0.3) is 0 Å². The Hall–Kier alpha value is -2.33. The van der Waals surface area contributed by atoms with E-state index in [4.69, 9.17) is 5.73 Å². The number of anilines is 1. The average Bonchev–Trinajstić information content (AvgIpc) is 2.54. The zero-order chi connectivity index (χ0) is 16.1. The predicted octanol–water partition coefficient (Wildman–Crippen LogP) is 4.25. The number of rotatable bonds is 5. The lowest BCUT2D eigenvalue weighted by atomic mass is 10.1. The summed E-state index contributed by atoms with van der Waals surface area (Å²) in [5.41, 5.74) is 10.7. The molecular formula is C19H19N3S. The van der Waals surface area contributed by atoms with Gasteiger partial charge in [-0.1, -0.05) is 66.4 Å². The van der Waals surface area contributed by atoms with E-state index in [0.717, 1.165) is 23.0 Å². The summed E-state index contributed by atoms with van der Waals surface area (Å²) in [6.45, 7) is 2.12. The number of nitrogens with two attached hydrogens (primary N) is 1. The van der Waals surface area contributed by atoms with E-state index in [0.29, 0.717) is 5.82 Å². The summed E-state index contributed by atoms with van der Waals surface area (Å²) in [5.74, 6) is 1.37. The van der Waals surface area contributed by atoms with Gasteiger partial charge in [-0.25, -0.2) is 9.97 Å². The molecule has 0 aliphatic heterocycles. The van der Waals surface area contributed by atoms with Crippen LogP contribution in [0.15, 0.2) is 65.8 Å². The normalized spacial score (nSPS) is 10.7. The summed E-state index contributed by atoms with van der Waals surface area (Å²) in [6.07, 6.45) is 0.769. The Morgan fingerprint density at radius 3 is 2.48 bits per heavy atom. The van der Waals surface area contributed by atoms with Crippen LogP contribution in [0.4, 0.5) is 5.82 Å². The molecule has 4 heteroatoms. The lowest BCUT2D eigenvalue weighted by Crippen LogP contribution is -2.01. The zero-order valence-electron chi connectivity index (χ0n) is 13.1. The van der Waals surface area contributed by atoms with Crippen molar-refractivity contribution in [2.75, 3.05) is 5.73 Å². The molecule has 1 aromatic heterocycles. The number of hydrogen-bond acceptors (Lipinski definition) is 4. The van der Waals surface area contributed by atoms with Gasteiger partial charge in [-0.15, -0.1) is 0 Å². The number of nitrogens with zero attached hydrogens (tertiary/aromatic N) is 2. The Labute approximate surface area is 141 Å². The molecule has 0 radical (unpaired) electrons. The van der Waals surface area contributed by atoms with Crippen molar-refractivity contribution in [1.29, 1.82) is 0 Å². The Balaban J connectivity index is 1.74. The highest BCUT2D eigenvalue weighted by atomic mass is 32.2. The van der Waals surface area contributed by atoms with E-state index in [2.05, 4.69) is 53.3 Å². The summed E-state index contributed by atoms with van der Waals surface area (Å²) in [4.78, 5) is 9.00. The molecule has 0 atom stereocenters. The smallest absolute Gasteiger partial charge is 0.190 e.